The van der Waals surface area contributed by atoms with Crippen molar-refractivity contribution in [3.05, 3.63) is 51.1 Å². The van der Waals surface area contributed by atoms with Crippen molar-refractivity contribution in [2.24, 2.45) is 27.8 Å². The minimum atomic E-state index is 0.248. The van der Waals surface area contributed by atoms with E-state index in [2.05, 4.69) is 71.7 Å². The Labute approximate surface area is 160 Å². The molecule has 3 unspecified atom stereocenters. The number of allylic oxidation sites excluding steroid dienone is 2. The van der Waals surface area contributed by atoms with Crippen LogP contribution in [0, 0.1) is 17.8 Å². The second-order valence-corrected chi connectivity index (χ2v) is 8.82. The van der Waals surface area contributed by atoms with E-state index in [9.17, 15) is 0 Å². The van der Waals surface area contributed by atoms with Gasteiger partial charge in [0.1, 0.15) is 0 Å². The molecule has 3 nitrogen and oxygen atoms in total. The zero-order valence-corrected chi connectivity index (χ0v) is 16.9. The molecule has 2 aromatic rings. The van der Waals surface area contributed by atoms with Crippen molar-refractivity contribution < 1.29 is 0 Å². The number of aromatic nitrogens is 1. The highest BCUT2D eigenvalue weighted by molar-refractivity contribution is 9.10. The molecule has 0 saturated heterocycles. The first-order valence-electron chi connectivity index (χ1n) is 8.84. The molecule has 2 aliphatic carbocycles. The molecule has 130 valence electrons. The SMILES string of the molecule is CC(C)N=c1scc(-c2ccccc2Br)n1N=CC1CC2C=CC1C2. The third-order valence-electron chi connectivity index (χ3n) is 4.91. The average molecular weight is 416 g/mol. The molecule has 1 fully saturated rings. The number of fused-ring (bicyclic) bond motifs is 2. The molecule has 0 N–H and O–H groups in total. The summed E-state index contributed by atoms with van der Waals surface area (Å²) < 4.78 is 3.09. The lowest BCUT2D eigenvalue weighted by Crippen LogP contribution is -2.16. The predicted octanol–water partition coefficient (Wildman–Crippen LogP) is 5.33. The molecule has 4 rings (SSSR count). The second kappa shape index (κ2) is 7.04. The van der Waals surface area contributed by atoms with Crippen molar-refractivity contribution >= 4 is 33.5 Å². The Morgan fingerprint density at radius 3 is 2.76 bits per heavy atom. The van der Waals surface area contributed by atoms with Crippen LogP contribution in [0.25, 0.3) is 11.3 Å². The van der Waals surface area contributed by atoms with Crippen molar-refractivity contribution in [1.29, 1.82) is 0 Å². The topological polar surface area (TPSA) is 29.6 Å². The van der Waals surface area contributed by atoms with Crippen LogP contribution >= 0.6 is 27.3 Å². The first-order valence-corrected chi connectivity index (χ1v) is 10.5. The van der Waals surface area contributed by atoms with E-state index < -0.39 is 0 Å². The number of rotatable bonds is 4. The number of hydrogen-bond donors (Lipinski definition) is 0. The molecular formula is C20H22BrN3S. The van der Waals surface area contributed by atoms with E-state index in [1.54, 1.807) is 11.3 Å². The fourth-order valence-electron chi connectivity index (χ4n) is 3.72. The fraction of sp³-hybridized carbons (Fsp3) is 0.400. The Balaban J connectivity index is 1.75. The van der Waals surface area contributed by atoms with E-state index in [0.29, 0.717) is 11.8 Å². The second-order valence-electron chi connectivity index (χ2n) is 7.13. The minimum absolute atomic E-state index is 0.248. The van der Waals surface area contributed by atoms with E-state index in [4.69, 9.17) is 10.1 Å². The Kier molecular flexibility index (Phi) is 4.78. The highest BCUT2D eigenvalue weighted by Gasteiger charge is 2.34. The lowest BCUT2D eigenvalue weighted by Gasteiger charge is -2.13. The maximum absolute atomic E-state index is 4.89. The summed E-state index contributed by atoms with van der Waals surface area (Å²) in [7, 11) is 0. The van der Waals surface area contributed by atoms with E-state index in [0.717, 1.165) is 26.4 Å². The van der Waals surface area contributed by atoms with Gasteiger partial charge in [-0.1, -0.05) is 46.3 Å². The van der Waals surface area contributed by atoms with E-state index in [-0.39, 0.29) is 6.04 Å². The van der Waals surface area contributed by atoms with Crippen molar-refractivity contribution in [2.45, 2.75) is 32.7 Å². The van der Waals surface area contributed by atoms with Gasteiger partial charge in [-0.3, -0.25) is 4.99 Å². The number of halogens is 1. The Morgan fingerprint density at radius 1 is 1.24 bits per heavy atom. The lowest BCUT2D eigenvalue weighted by molar-refractivity contribution is 0.589. The summed E-state index contributed by atoms with van der Waals surface area (Å²) in [5.74, 6) is 1.99. The van der Waals surface area contributed by atoms with Gasteiger partial charge in [0, 0.05) is 33.6 Å². The number of thiazole rings is 1. The normalized spacial score (nSPS) is 25.8. The molecule has 1 aromatic heterocycles. The van der Waals surface area contributed by atoms with Crippen LogP contribution in [0.3, 0.4) is 0 Å². The van der Waals surface area contributed by atoms with Crippen molar-refractivity contribution in [1.82, 2.24) is 4.68 Å². The Morgan fingerprint density at radius 2 is 2.08 bits per heavy atom. The van der Waals surface area contributed by atoms with Crippen LogP contribution in [0.2, 0.25) is 0 Å². The zero-order valence-electron chi connectivity index (χ0n) is 14.5. The minimum Gasteiger partial charge on any atom is -0.255 e. The standard InChI is InChI=1S/C20H22BrN3S/c1-13(2)23-20-24(22-11-16-10-14-7-8-15(16)9-14)19(12-25-20)17-5-3-4-6-18(17)21/h3-8,11-16H,9-10H2,1-2H3. The van der Waals surface area contributed by atoms with E-state index in [1.165, 1.54) is 12.8 Å². The monoisotopic (exact) mass is 415 g/mol. The van der Waals surface area contributed by atoms with Gasteiger partial charge in [0.05, 0.1) is 5.69 Å². The summed E-state index contributed by atoms with van der Waals surface area (Å²) in [6, 6.07) is 8.54. The van der Waals surface area contributed by atoms with Gasteiger partial charge in [-0.15, -0.1) is 11.3 Å². The molecule has 0 amide bonds. The van der Waals surface area contributed by atoms with Gasteiger partial charge in [-0.25, -0.2) is 4.68 Å². The predicted molar refractivity (Wildman–Crippen MR) is 109 cm³/mol. The first-order chi connectivity index (χ1) is 12.1. The van der Waals surface area contributed by atoms with Gasteiger partial charge in [-0.2, -0.15) is 5.10 Å². The molecule has 1 heterocycles. The summed E-state index contributed by atoms with van der Waals surface area (Å²) in [5.41, 5.74) is 2.24. The molecule has 1 saturated carbocycles. The summed E-state index contributed by atoms with van der Waals surface area (Å²) in [6.45, 7) is 4.21. The third kappa shape index (κ3) is 3.44. The molecule has 0 spiro atoms. The van der Waals surface area contributed by atoms with Crippen molar-refractivity contribution in [3.8, 4) is 11.3 Å². The summed E-state index contributed by atoms with van der Waals surface area (Å²) in [6.07, 6.45) is 9.43. The zero-order chi connectivity index (χ0) is 17.4. The van der Waals surface area contributed by atoms with E-state index >= 15 is 0 Å². The highest BCUT2D eigenvalue weighted by atomic mass is 79.9. The third-order valence-corrected chi connectivity index (χ3v) is 6.43. The molecule has 2 aliphatic rings. The van der Waals surface area contributed by atoms with Crippen LogP contribution < -0.4 is 4.80 Å². The van der Waals surface area contributed by atoms with Crippen LogP contribution in [0.4, 0.5) is 0 Å². The molecule has 0 aliphatic heterocycles. The molecular weight excluding hydrogens is 394 g/mol. The summed E-state index contributed by atoms with van der Waals surface area (Å²) >= 11 is 5.32. The van der Waals surface area contributed by atoms with Gasteiger partial charge >= 0.3 is 0 Å². The fourth-order valence-corrected chi connectivity index (χ4v) is 5.17. The quantitative estimate of drug-likeness (QED) is 0.476. The Bertz CT molecular complexity index is 890. The maximum atomic E-state index is 4.89. The van der Waals surface area contributed by atoms with Gasteiger partial charge < -0.3 is 0 Å². The average Bonchev–Trinajstić information content (AvgIpc) is 3.29. The van der Waals surface area contributed by atoms with Gasteiger partial charge in [0.15, 0.2) is 0 Å². The lowest BCUT2D eigenvalue weighted by atomic mass is 9.95. The molecule has 1 aromatic carbocycles. The molecule has 3 atom stereocenters. The first kappa shape index (κ1) is 17.0. The molecule has 25 heavy (non-hydrogen) atoms. The highest BCUT2D eigenvalue weighted by Crippen LogP contribution is 2.42. The van der Waals surface area contributed by atoms with Crippen molar-refractivity contribution in [3.63, 3.8) is 0 Å². The van der Waals surface area contributed by atoms with Gasteiger partial charge in [0.25, 0.3) is 0 Å². The summed E-state index contributed by atoms with van der Waals surface area (Å²) in [5, 5.41) is 7.04. The van der Waals surface area contributed by atoms with Crippen LogP contribution in [-0.2, 0) is 0 Å². The van der Waals surface area contributed by atoms with E-state index in [1.807, 2.05) is 10.7 Å². The number of benzene rings is 1. The molecule has 2 bridgehead atoms. The van der Waals surface area contributed by atoms with Crippen LogP contribution in [0.1, 0.15) is 26.7 Å². The van der Waals surface area contributed by atoms with Crippen LogP contribution in [0.5, 0.6) is 0 Å². The number of nitrogens with zero attached hydrogens (tertiary/aromatic N) is 3. The van der Waals surface area contributed by atoms with Gasteiger partial charge in [-0.05, 0) is 44.6 Å². The molecule has 5 heteroatoms. The van der Waals surface area contributed by atoms with Gasteiger partial charge in [0.2, 0.25) is 4.80 Å². The largest absolute Gasteiger partial charge is 0.255 e. The smallest absolute Gasteiger partial charge is 0.206 e. The molecule has 0 radical (unpaired) electrons. The number of hydrogen-bond acceptors (Lipinski definition) is 3. The van der Waals surface area contributed by atoms with Crippen LogP contribution in [0.15, 0.2) is 56.4 Å². The Hall–Kier alpha value is -1.46. The summed E-state index contributed by atoms with van der Waals surface area (Å²) in [4.78, 5) is 5.72. The maximum Gasteiger partial charge on any atom is 0.206 e. The van der Waals surface area contributed by atoms with Crippen LogP contribution in [-0.4, -0.2) is 16.9 Å². The van der Waals surface area contributed by atoms with Crippen molar-refractivity contribution in [2.75, 3.05) is 0 Å².